The van der Waals surface area contributed by atoms with Gasteiger partial charge in [0.15, 0.2) is 0 Å². The summed E-state index contributed by atoms with van der Waals surface area (Å²) >= 11 is 0. The maximum Gasteiger partial charge on any atom is 0.228 e. The van der Waals surface area contributed by atoms with E-state index in [-0.39, 0.29) is 23.6 Å². The number of hydrogen-bond donors (Lipinski definition) is 1. The number of carbonyl (C=O) groups excluding carboxylic acids is 1. The molecule has 0 bridgehead atoms. The lowest BCUT2D eigenvalue weighted by atomic mass is 10.0. The molecule has 1 fully saturated rings. The molecule has 124 valence electrons. The molecule has 0 spiro atoms. The minimum Gasteiger partial charge on any atom is -0.325 e. The van der Waals surface area contributed by atoms with Crippen molar-refractivity contribution < 1.29 is 9.18 Å². The average molecular weight is 331 g/mol. The topological polar surface area (TPSA) is 29.1 Å². The van der Waals surface area contributed by atoms with Gasteiger partial charge in [0.2, 0.25) is 5.91 Å². The lowest BCUT2D eigenvalue weighted by Crippen LogP contribution is -2.15. The molecule has 1 saturated carbocycles. The lowest BCUT2D eigenvalue weighted by Gasteiger charge is -2.11. The van der Waals surface area contributed by atoms with Gasteiger partial charge < -0.3 is 5.32 Å². The van der Waals surface area contributed by atoms with Crippen molar-refractivity contribution in [2.24, 2.45) is 5.92 Å². The Kier molecular flexibility index (Phi) is 4.06. The third-order valence-corrected chi connectivity index (χ3v) is 4.70. The second-order valence-electron chi connectivity index (χ2n) is 6.40. The Balaban J connectivity index is 1.50. The van der Waals surface area contributed by atoms with Crippen LogP contribution in [-0.2, 0) is 4.79 Å². The van der Waals surface area contributed by atoms with Gasteiger partial charge in [0, 0.05) is 17.2 Å². The Labute approximate surface area is 146 Å². The molecule has 1 aliphatic rings. The predicted molar refractivity (Wildman–Crippen MR) is 97.8 cm³/mol. The number of para-hydroxylation sites is 1. The highest BCUT2D eigenvalue weighted by Gasteiger charge is 2.44. The van der Waals surface area contributed by atoms with Crippen LogP contribution in [0.4, 0.5) is 10.1 Å². The summed E-state index contributed by atoms with van der Waals surface area (Å²) in [5, 5.41) is 3.07. The largest absolute Gasteiger partial charge is 0.325 e. The zero-order valence-electron chi connectivity index (χ0n) is 13.7. The normalized spacial score (nSPS) is 18.6. The number of halogens is 1. The molecule has 0 saturated heterocycles. The fraction of sp³-hybridized carbons (Fsp3) is 0.136. The van der Waals surface area contributed by atoms with Crippen molar-refractivity contribution in [3.63, 3.8) is 0 Å². The highest BCUT2D eigenvalue weighted by atomic mass is 19.1. The van der Waals surface area contributed by atoms with Crippen LogP contribution >= 0.6 is 0 Å². The molecule has 3 aromatic rings. The van der Waals surface area contributed by atoms with Crippen molar-refractivity contribution in [1.29, 1.82) is 0 Å². The van der Waals surface area contributed by atoms with E-state index in [0.717, 1.165) is 28.8 Å². The highest BCUT2D eigenvalue weighted by Crippen LogP contribution is 2.48. The van der Waals surface area contributed by atoms with Gasteiger partial charge in [-0.3, -0.25) is 4.79 Å². The van der Waals surface area contributed by atoms with E-state index in [1.165, 1.54) is 12.1 Å². The molecule has 0 aliphatic heterocycles. The summed E-state index contributed by atoms with van der Waals surface area (Å²) in [6.45, 7) is 0. The van der Waals surface area contributed by atoms with Gasteiger partial charge in [-0.25, -0.2) is 4.39 Å². The summed E-state index contributed by atoms with van der Waals surface area (Å²) < 4.78 is 13.0. The van der Waals surface area contributed by atoms with E-state index in [2.05, 4.69) is 5.32 Å². The van der Waals surface area contributed by atoms with E-state index in [1.807, 2.05) is 54.6 Å². The molecular formula is C22H18FNO. The van der Waals surface area contributed by atoms with Crippen LogP contribution in [0.25, 0.3) is 11.1 Å². The maximum atomic E-state index is 13.0. The molecule has 0 heterocycles. The second kappa shape index (κ2) is 6.52. The van der Waals surface area contributed by atoms with Crippen molar-refractivity contribution in [2.75, 3.05) is 5.32 Å². The zero-order chi connectivity index (χ0) is 17.2. The Morgan fingerprint density at radius 1 is 0.880 bits per heavy atom. The van der Waals surface area contributed by atoms with E-state index in [9.17, 15) is 9.18 Å². The van der Waals surface area contributed by atoms with Crippen LogP contribution < -0.4 is 5.32 Å². The minimum absolute atomic E-state index is 0.0257. The third kappa shape index (κ3) is 3.31. The molecule has 0 aromatic heterocycles. The quantitative estimate of drug-likeness (QED) is 0.696. The van der Waals surface area contributed by atoms with Crippen molar-refractivity contribution in [3.8, 4) is 11.1 Å². The molecule has 0 radical (unpaired) electrons. The van der Waals surface area contributed by atoms with E-state index in [4.69, 9.17) is 0 Å². The van der Waals surface area contributed by atoms with E-state index < -0.39 is 0 Å². The summed E-state index contributed by atoms with van der Waals surface area (Å²) in [6.07, 6.45) is 0.810. The number of hydrogen-bond acceptors (Lipinski definition) is 1. The van der Waals surface area contributed by atoms with Crippen molar-refractivity contribution >= 4 is 11.6 Å². The monoisotopic (exact) mass is 331 g/mol. The molecule has 4 rings (SSSR count). The summed E-state index contributed by atoms with van der Waals surface area (Å²) in [4.78, 5) is 12.6. The van der Waals surface area contributed by atoms with Crippen LogP contribution in [-0.4, -0.2) is 5.91 Å². The maximum absolute atomic E-state index is 13.0. The van der Waals surface area contributed by atoms with E-state index in [1.54, 1.807) is 12.1 Å². The molecule has 1 N–H and O–H groups in total. The van der Waals surface area contributed by atoms with Gasteiger partial charge in [0.05, 0.1) is 0 Å². The van der Waals surface area contributed by atoms with Gasteiger partial charge in [-0.2, -0.15) is 0 Å². The van der Waals surface area contributed by atoms with Gasteiger partial charge in [-0.05, 0) is 41.7 Å². The molecule has 2 nitrogen and oxygen atoms in total. The first-order chi connectivity index (χ1) is 12.2. The number of nitrogens with one attached hydrogen (secondary N) is 1. The summed E-state index contributed by atoms with van der Waals surface area (Å²) in [6, 6.07) is 24.3. The fourth-order valence-corrected chi connectivity index (χ4v) is 3.25. The SMILES string of the molecule is O=C(Nc1ccccc1-c1ccccc1)C1CC1c1ccc(F)cc1. The van der Waals surface area contributed by atoms with Crippen LogP contribution in [0.5, 0.6) is 0 Å². The number of carbonyl (C=O) groups is 1. The molecule has 3 aromatic carbocycles. The fourth-order valence-electron chi connectivity index (χ4n) is 3.25. The molecule has 1 aliphatic carbocycles. The first kappa shape index (κ1) is 15.6. The van der Waals surface area contributed by atoms with Crippen LogP contribution in [0.1, 0.15) is 17.9 Å². The number of benzene rings is 3. The Morgan fingerprint density at radius 3 is 2.32 bits per heavy atom. The third-order valence-electron chi connectivity index (χ3n) is 4.70. The van der Waals surface area contributed by atoms with Gasteiger partial charge >= 0.3 is 0 Å². The Hall–Kier alpha value is -2.94. The average Bonchev–Trinajstić information content (AvgIpc) is 3.44. The zero-order valence-corrected chi connectivity index (χ0v) is 13.7. The predicted octanol–water partition coefficient (Wildman–Crippen LogP) is 5.23. The summed E-state index contributed by atoms with van der Waals surface area (Å²) in [7, 11) is 0. The Bertz CT molecular complexity index is 889. The van der Waals surface area contributed by atoms with Gasteiger partial charge in [-0.1, -0.05) is 60.7 Å². The molecule has 2 unspecified atom stereocenters. The van der Waals surface area contributed by atoms with Crippen molar-refractivity contribution in [1.82, 2.24) is 0 Å². The number of rotatable bonds is 4. The first-order valence-corrected chi connectivity index (χ1v) is 8.43. The van der Waals surface area contributed by atoms with Crippen LogP contribution in [0, 0.1) is 11.7 Å². The van der Waals surface area contributed by atoms with Gasteiger partial charge in [0.1, 0.15) is 5.82 Å². The van der Waals surface area contributed by atoms with Gasteiger partial charge in [-0.15, -0.1) is 0 Å². The summed E-state index contributed by atoms with van der Waals surface area (Å²) in [5.74, 6) is -0.0846. The Morgan fingerprint density at radius 2 is 1.56 bits per heavy atom. The van der Waals surface area contributed by atoms with Gasteiger partial charge in [0.25, 0.3) is 0 Å². The highest BCUT2D eigenvalue weighted by molar-refractivity contribution is 5.98. The number of anilines is 1. The molecule has 3 heteroatoms. The molecule has 25 heavy (non-hydrogen) atoms. The van der Waals surface area contributed by atoms with Crippen LogP contribution in [0.15, 0.2) is 78.9 Å². The first-order valence-electron chi connectivity index (χ1n) is 8.43. The summed E-state index contributed by atoms with van der Waals surface area (Å²) in [5.41, 5.74) is 3.93. The molecule has 2 atom stereocenters. The minimum atomic E-state index is -0.248. The van der Waals surface area contributed by atoms with Crippen molar-refractivity contribution in [2.45, 2.75) is 12.3 Å². The van der Waals surface area contributed by atoms with E-state index in [0.29, 0.717) is 0 Å². The van der Waals surface area contributed by atoms with Crippen molar-refractivity contribution in [3.05, 3.63) is 90.2 Å². The van der Waals surface area contributed by atoms with Crippen LogP contribution in [0.2, 0.25) is 0 Å². The standard InChI is InChI=1S/C22H18FNO/c23-17-12-10-16(11-13-17)19-14-20(19)22(25)24-21-9-5-4-8-18(21)15-6-2-1-3-7-15/h1-13,19-20H,14H2,(H,24,25). The molecular weight excluding hydrogens is 313 g/mol. The molecule has 1 amide bonds. The number of amides is 1. The lowest BCUT2D eigenvalue weighted by molar-refractivity contribution is -0.117. The smallest absolute Gasteiger partial charge is 0.228 e. The second-order valence-corrected chi connectivity index (χ2v) is 6.40. The van der Waals surface area contributed by atoms with E-state index >= 15 is 0 Å². The van der Waals surface area contributed by atoms with Crippen LogP contribution in [0.3, 0.4) is 0 Å².